The molecule has 0 aromatic heterocycles. The van der Waals surface area contributed by atoms with E-state index in [0.29, 0.717) is 26.1 Å². The molecule has 0 saturated heterocycles. The summed E-state index contributed by atoms with van der Waals surface area (Å²) in [7, 11) is 1.39. The lowest BCUT2D eigenvalue weighted by atomic mass is 10.1. The van der Waals surface area contributed by atoms with Gasteiger partial charge in [-0.15, -0.1) is 0 Å². The minimum atomic E-state index is -0.218. The van der Waals surface area contributed by atoms with E-state index in [-0.39, 0.29) is 18.1 Å². The summed E-state index contributed by atoms with van der Waals surface area (Å²) >= 11 is 0. The van der Waals surface area contributed by atoms with Gasteiger partial charge >= 0.3 is 5.97 Å². The predicted molar refractivity (Wildman–Crippen MR) is 79.2 cm³/mol. The van der Waals surface area contributed by atoms with Crippen LogP contribution in [0.4, 0.5) is 0 Å². The highest BCUT2D eigenvalue weighted by Gasteiger charge is 2.33. The number of rotatable bonds is 7. The van der Waals surface area contributed by atoms with Crippen molar-refractivity contribution in [1.82, 2.24) is 0 Å². The van der Waals surface area contributed by atoms with Crippen LogP contribution in [-0.2, 0) is 20.7 Å². The molecule has 5 nitrogen and oxygen atoms in total. The van der Waals surface area contributed by atoms with Crippen LogP contribution in [0.25, 0.3) is 0 Å². The van der Waals surface area contributed by atoms with E-state index in [2.05, 4.69) is 10.8 Å². The number of carbonyl (C=O) groups is 1. The zero-order valence-electron chi connectivity index (χ0n) is 12.6. The fourth-order valence-corrected chi connectivity index (χ4v) is 2.68. The highest BCUT2D eigenvalue weighted by atomic mass is 16.5. The van der Waals surface area contributed by atoms with E-state index in [9.17, 15) is 4.79 Å². The maximum Gasteiger partial charge on any atom is 0.305 e. The van der Waals surface area contributed by atoms with Crippen molar-refractivity contribution in [1.29, 1.82) is 0 Å². The molecular weight excluding hydrogens is 270 g/mol. The van der Waals surface area contributed by atoms with Crippen molar-refractivity contribution >= 4 is 5.97 Å². The summed E-state index contributed by atoms with van der Waals surface area (Å²) in [6, 6.07) is 5.93. The topological polar surface area (TPSA) is 70.8 Å². The number of hydrogen-bond acceptors (Lipinski definition) is 5. The number of fused-ring (bicyclic) bond motifs is 1. The van der Waals surface area contributed by atoms with Gasteiger partial charge in [-0.1, -0.05) is 12.1 Å². The first-order chi connectivity index (χ1) is 10.2. The van der Waals surface area contributed by atoms with Gasteiger partial charge in [-0.3, -0.25) is 4.79 Å². The Morgan fingerprint density at radius 1 is 1.43 bits per heavy atom. The second-order valence-corrected chi connectivity index (χ2v) is 5.10. The van der Waals surface area contributed by atoms with E-state index in [4.69, 9.17) is 15.2 Å². The van der Waals surface area contributed by atoms with Crippen LogP contribution >= 0.6 is 0 Å². The third kappa shape index (κ3) is 3.74. The van der Waals surface area contributed by atoms with Crippen LogP contribution in [0.15, 0.2) is 18.2 Å². The van der Waals surface area contributed by atoms with Crippen LogP contribution in [0.5, 0.6) is 5.75 Å². The van der Waals surface area contributed by atoms with Crippen molar-refractivity contribution in [3.63, 3.8) is 0 Å². The van der Waals surface area contributed by atoms with Gasteiger partial charge in [0.05, 0.1) is 13.7 Å². The summed E-state index contributed by atoms with van der Waals surface area (Å²) in [6.07, 6.45) is 1.61. The molecule has 5 heteroatoms. The lowest BCUT2D eigenvalue weighted by molar-refractivity contribution is -0.141. The normalized spacial score (nSPS) is 20.1. The number of nitrogens with two attached hydrogens (primary N) is 1. The molecule has 1 aliphatic carbocycles. The van der Waals surface area contributed by atoms with Crippen molar-refractivity contribution in [3.8, 4) is 5.75 Å². The molecule has 2 atom stereocenters. The monoisotopic (exact) mass is 293 g/mol. The van der Waals surface area contributed by atoms with Gasteiger partial charge in [0.1, 0.15) is 11.9 Å². The van der Waals surface area contributed by atoms with Gasteiger partial charge in [-0.2, -0.15) is 0 Å². The van der Waals surface area contributed by atoms with Crippen LogP contribution in [0.3, 0.4) is 0 Å². The zero-order chi connectivity index (χ0) is 15.2. The molecule has 0 bridgehead atoms. The fraction of sp³-hybridized carbons (Fsp3) is 0.562. The van der Waals surface area contributed by atoms with E-state index in [1.807, 2.05) is 19.1 Å². The molecule has 2 rings (SSSR count). The second-order valence-electron chi connectivity index (χ2n) is 5.10. The summed E-state index contributed by atoms with van der Waals surface area (Å²) in [5, 5.41) is 0. The molecular formula is C16H23NO4. The van der Waals surface area contributed by atoms with Gasteiger partial charge in [0.25, 0.3) is 0 Å². The molecule has 0 saturated carbocycles. The Hall–Kier alpha value is -1.59. The number of esters is 1. The Labute approximate surface area is 125 Å². The summed E-state index contributed by atoms with van der Waals surface area (Å²) in [4.78, 5) is 11.1. The third-order valence-electron chi connectivity index (χ3n) is 3.64. The lowest BCUT2D eigenvalue weighted by Gasteiger charge is -2.20. The molecule has 1 aromatic rings. The molecule has 0 fully saturated rings. The first kappa shape index (κ1) is 15.8. The minimum absolute atomic E-state index is 0.0697. The van der Waals surface area contributed by atoms with Gasteiger partial charge in [-0.05, 0) is 31.4 Å². The smallest absolute Gasteiger partial charge is 0.305 e. The number of methoxy groups -OCH3 is 1. The number of hydrogen-bond donors (Lipinski definition) is 1. The van der Waals surface area contributed by atoms with Crippen LogP contribution in [0.2, 0.25) is 0 Å². The van der Waals surface area contributed by atoms with E-state index in [1.165, 1.54) is 12.7 Å². The van der Waals surface area contributed by atoms with Crippen LogP contribution in [0.1, 0.15) is 37.0 Å². The van der Waals surface area contributed by atoms with Gasteiger partial charge < -0.3 is 19.9 Å². The van der Waals surface area contributed by atoms with Crippen molar-refractivity contribution in [2.45, 2.75) is 38.3 Å². The van der Waals surface area contributed by atoms with E-state index in [1.54, 1.807) is 0 Å². The summed E-state index contributed by atoms with van der Waals surface area (Å²) < 4.78 is 16.2. The van der Waals surface area contributed by atoms with Crippen molar-refractivity contribution in [2.24, 2.45) is 5.73 Å². The summed E-state index contributed by atoms with van der Waals surface area (Å²) in [6.45, 7) is 3.05. The Bertz CT molecular complexity index is 489. The molecule has 0 heterocycles. The largest absolute Gasteiger partial charge is 0.493 e. The predicted octanol–water partition coefficient (Wildman–Crippen LogP) is 1.98. The Kier molecular flexibility index (Phi) is 5.59. The molecule has 116 valence electrons. The minimum Gasteiger partial charge on any atom is -0.493 e. The highest BCUT2D eigenvalue weighted by molar-refractivity contribution is 5.69. The quantitative estimate of drug-likeness (QED) is 0.615. The first-order valence-electron chi connectivity index (χ1n) is 7.36. The van der Waals surface area contributed by atoms with Gasteiger partial charge in [0, 0.05) is 24.6 Å². The molecule has 2 unspecified atom stereocenters. The van der Waals surface area contributed by atoms with Crippen molar-refractivity contribution in [2.75, 3.05) is 20.3 Å². The van der Waals surface area contributed by atoms with E-state index in [0.717, 1.165) is 17.7 Å². The third-order valence-corrected chi connectivity index (χ3v) is 3.64. The lowest BCUT2D eigenvalue weighted by Crippen LogP contribution is -2.27. The van der Waals surface area contributed by atoms with Crippen LogP contribution < -0.4 is 10.5 Å². The van der Waals surface area contributed by atoms with Crippen LogP contribution in [-0.4, -0.2) is 32.3 Å². The van der Waals surface area contributed by atoms with Gasteiger partial charge in [-0.25, -0.2) is 0 Å². The Balaban J connectivity index is 2.00. The molecule has 0 aliphatic heterocycles. The first-order valence-corrected chi connectivity index (χ1v) is 7.36. The summed E-state index contributed by atoms with van der Waals surface area (Å²) in [5.41, 5.74) is 8.44. The highest BCUT2D eigenvalue weighted by Crippen LogP contribution is 2.39. The number of carbonyl (C=O) groups excluding carboxylic acids is 1. The molecule has 1 aromatic carbocycles. The second kappa shape index (κ2) is 7.43. The maximum absolute atomic E-state index is 11.1. The molecule has 0 spiro atoms. The van der Waals surface area contributed by atoms with E-state index < -0.39 is 0 Å². The number of benzene rings is 1. The zero-order valence-corrected chi connectivity index (χ0v) is 12.6. The van der Waals surface area contributed by atoms with Gasteiger partial charge in [0.2, 0.25) is 0 Å². The molecule has 0 radical (unpaired) electrons. The van der Waals surface area contributed by atoms with Gasteiger partial charge in [0.15, 0.2) is 0 Å². The van der Waals surface area contributed by atoms with Crippen LogP contribution in [0, 0.1) is 0 Å². The molecule has 2 N–H and O–H groups in total. The van der Waals surface area contributed by atoms with Crippen molar-refractivity contribution in [3.05, 3.63) is 29.3 Å². The fourth-order valence-electron chi connectivity index (χ4n) is 2.68. The van der Waals surface area contributed by atoms with Crippen molar-refractivity contribution < 1.29 is 19.0 Å². The number of ether oxygens (including phenoxy) is 3. The maximum atomic E-state index is 11.1. The molecule has 21 heavy (non-hydrogen) atoms. The Morgan fingerprint density at radius 2 is 2.24 bits per heavy atom. The molecule has 1 aliphatic rings. The summed E-state index contributed by atoms with van der Waals surface area (Å²) in [5.74, 6) is 0.630. The molecule has 0 amide bonds. The SMILES string of the molecule is CCOc1cccc2c1C(OCCCC(=O)OC)C(N)C2. The standard InChI is InChI=1S/C16H23NO4/c1-3-20-13-7-4-6-11-10-12(17)16(15(11)13)21-9-5-8-14(18)19-2/h4,6-7,12,16H,3,5,8-10,17H2,1-2H3. The average molecular weight is 293 g/mol. The Morgan fingerprint density at radius 3 is 2.95 bits per heavy atom. The average Bonchev–Trinajstić information content (AvgIpc) is 2.80. The van der Waals surface area contributed by atoms with E-state index >= 15 is 0 Å².